The lowest BCUT2D eigenvalue weighted by atomic mass is 9.96. The molecule has 0 spiro atoms. The smallest absolute Gasteiger partial charge is 0.339 e. The Morgan fingerprint density at radius 2 is 2.12 bits per heavy atom. The van der Waals surface area contributed by atoms with Gasteiger partial charge in [0.05, 0.1) is 11.9 Å². The molecule has 94 valence electrons. The first-order valence-electron chi connectivity index (χ1n) is 5.40. The monoisotopic (exact) mass is 237 g/mol. The number of nitrogens with two attached hydrogens (primary N) is 1. The van der Waals surface area contributed by atoms with E-state index in [0.717, 1.165) is 0 Å². The molecule has 1 heterocycles. The fourth-order valence-corrected chi connectivity index (χ4v) is 1.72. The highest BCUT2D eigenvalue weighted by Crippen LogP contribution is 2.23. The van der Waals surface area contributed by atoms with Crippen LogP contribution in [0.5, 0.6) is 0 Å². The van der Waals surface area contributed by atoms with Gasteiger partial charge in [0.2, 0.25) is 0 Å². The zero-order valence-corrected chi connectivity index (χ0v) is 10.7. The highest BCUT2D eigenvalue weighted by atomic mass is 16.4. The number of carbonyl (C=O) groups is 1. The van der Waals surface area contributed by atoms with E-state index in [4.69, 9.17) is 10.8 Å². The van der Waals surface area contributed by atoms with Crippen molar-refractivity contribution in [1.82, 2.24) is 4.98 Å². The summed E-state index contributed by atoms with van der Waals surface area (Å²) in [5, 5.41) is 9.12. The van der Waals surface area contributed by atoms with Crippen LogP contribution in [0.1, 0.15) is 31.1 Å². The molecule has 0 bridgehead atoms. The molecule has 0 fully saturated rings. The normalized spacial score (nSPS) is 11.3. The first kappa shape index (κ1) is 13.3. The number of aromatic carboxylic acids is 1. The summed E-state index contributed by atoms with van der Waals surface area (Å²) in [4.78, 5) is 17.1. The van der Waals surface area contributed by atoms with Crippen molar-refractivity contribution in [1.29, 1.82) is 0 Å². The Morgan fingerprint density at radius 1 is 1.53 bits per heavy atom. The first-order valence-corrected chi connectivity index (χ1v) is 5.40. The molecule has 0 saturated carbocycles. The van der Waals surface area contributed by atoms with Gasteiger partial charge in [-0.15, -0.1) is 0 Å². The number of carboxylic acid groups (broad SMARTS) is 1. The van der Waals surface area contributed by atoms with Crippen LogP contribution in [0, 0.1) is 5.41 Å². The molecule has 0 unspecified atom stereocenters. The predicted molar refractivity (Wildman–Crippen MR) is 68.3 cm³/mol. The fourth-order valence-electron chi connectivity index (χ4n) is 1.72. The average molecular weight is 237 g/mol. The molecule has 0 atom stereocenters. The lowest BCUT2D eigenvalue weighted by Crippen LogP contribution is -2.31. The molecule has 0 amide bonds. The Labute approximate surface area is 101 Å². The van der Waals surface area contributed by atoms with Gasteiger partial charge in [0.25, 0.3) is 0 Å². The van der Waals surface area contributed by atoms with Crippen molar-refractivity contribution in [3.8, 4) is 0 Å². The van der Waals surface area contributed by atoms with Gasteiger partial charge in [0.1, 0.15) is 11.4 Å². The molecule has 17 heavy (non-hydrogen) atoms. The van der Waals surface area contributed by atoms with Crippen LogP contribution in [-0.2, 0) is 0 Å². The molecule has 0 aliphatic rings. The van der Waals surface area contributed by atoms with Crippen molar-refractivity contribution in [3.05, 3.63) is 17.8 Å². The summed E-state index contributed by atoms with van der Waals surface area (Å²) < 4.78 is 0. The molecule has 0 aliphatic carbocycles. The summed E-state index contributed by atoms with van der Waals surface area (Å²) in [6.45, 7) is 6.97. The van der Waals surface area contributed by atoms with Crippen LogP contribution in [-0.4, -0.2) is 29.7 Å². The first-order chi connectivity index (χ1) is 7.70. The van der Waals surface area contributed by atoms with E-state index in [1.807, 2.05) is 11.9 Å². The molecule has 0 aromatic carbocycles. The summed E-state index contributed by atoms with van der Waals surface area (Å²) in [5.74, 6) is -0.567. The van der Waals surface area contributed by atoms with Gasteiger partial charge in [-0.05, 0) is 11.5 Å². The van der Waals surface area contributed by atoms with Gasteiger partial charge < -0.3 is 15.7 Å². The van der Waals surface area contributed by atoms with E-state index < -0.39 is 5.97 Å². The fraction of sp³-hybridized carbons (Fsp3) is 0.500. The maximum absolute atomic E-state index is 11.1. The summed E-state index contributed by atoms with van der Waals surface area (Å²) >= 11 is 0. The van der Waals surface area contributed by atoms with E-state index in [0.29, 0.717) is 18.1 Å². The van der Waals surface area contributed by atoms with Crippen molar-refractivity contribution in [2.24, 2.45) is 5.41 Å². The van der Waals surface area contributed by atoms with Gasteiger partial charge in [0, 0.05) is 13.6 Å². The van der Waals surface area contributed by atoms with E-state index in [-0.39, 0.29) is 11.0 Å². The Kier molecular flexibility index (Phi) is 3.60. The molecule has 3 N–H and O–H groups in total. The molecule has 5 nitrogen and oxygen atoms in total. The van der Waals surface area contributed by atoms with E-state index in [2.05, 4.69) is 25.8 Å². The Bertz CT molecular complexity index is 424. The van der Waals surface area contributed by atoms with Crippen molar-refractivity contribution < 1.29 is 9.90 Å². The quantitative estimate of drug-likeness (QED) is 0.838. The number of pyridine rings is 1. The lowest BCUT2D eigenvalue weighted by molar-refractivity contribution is 0.0697. The van der Waals surface area contributed by atoms with E-state index in [1.165, 1.54) is 12.3 Å². The second-order valence-electron chi connectivity index (χ2n) is 5.36. The van der Waals surface area contributed by atoms with Crippen LogP contribution >= 0.6 is 0 Å². The molecular weight excluding hydrogens is 218 g/mol. The maximum Gasteiger partial charge on any atom is 0.339 e. The van der Waals surface area contributed by atoms with Gasteiger partial charge in [-0.1, -0.05) is 20.8 Å². The summed E-state index contributed by atoms with van der Waals surface area (Å²) in [6, 6.07) is 1.43. The third-order valence-corrected chi connectivity index (χ3v) is 2.19. The van der Waals surface area contributed by atoms with Crippen LogP contribution < -0.4 is 10.6 Å². The molecule has 1 aromatic rings. The van der Waals surface area contributed by atoms with Crippen LogP contribution in [0.2, 0.25) is 0 Å². The van der Waals surface area contributed by atoms with Gasteiger partial charge in [0.15, 0.2) is 0 Å². The van der Waals surface area contributed by atoms with Crippen LogP contribution in [0.3, 0.4) is 0 Å². The predicted octanol–water partition coefficient (Wildman–Crippen LogP) is 1.84. The second kappa shape index (κ2) is 4.61. The highest BCUT2D eigenvalue weighted by molar-refractivity contribution is 5.94. The van der Waals surface area contributed by atoms with Crippen LogP contribution in [0.4, 0.5) is 11.5 Å². The topological polar surface area (TPSA) is 79.5 Å². The molecule has 5 heteroatoms. The third kappa shape index (κ3) is 3.62. The largest absolute Gasteiger partial charge is 0.478 e. The number of anilines is 2. The summed E-state index contributed by atoms with van der Waals surface area (Å²) in [6.07, 6.45) is 1.47. The molecule has 0 aliphatic heterocycles. The SMILES string of the molecule is CN(CC(C)(C)C)c1ncc(N)cc1C(=O)O. The lowest BCUT2D eigenvalue weighted by Gasteiger charge is -2.28. The summed E-state index contributed by atoms with van der Waals surface area (Å²) in [7, 11) is 1.83. The number of carboxylic acids is 1. The Morgan fingerprint density at radius 3 is 2.59 bits per heavy atom. The Hall–Kier alpha value is -1.78. The van der Waals surface area contributed by atoms with Crippen molar-refractivity contribution in [2.75, 3.05) is 24.2 Å². The number of nitrogen functional groups attached to an aromatic ring is 1. The van der Waals surface area contributed by atoms with E-state index >= 15 is 0 Å². The average Bonchev–Trinajstić information content (AvgIpc) is 2.14. The minimum Gasteiger partial charge on any atom is -0.478 e. The van der Waals surface area contributed by atoms with Gasteiger partial charge >= 0.3 is 5.97 Å². The molecule has 0 saturated heterocycles. The van der Waals surface area contributed by atoms with Crippen LogP contribution in [0.25, 0.3) is 0 Å². The number of rotatable bonds is 3. The van der Waals surface area contributed by atoms with Crippen LogP contribution in [0.15, 0.2) is 12.3 Å². The highest BCUT2D eigenvalue weighted by Gasteiger charge is 2.20. The Balaban J connectivity index is 3.09. The number of aromatic nitrogens is 1. The number of hydrogen-bond acceptors (Lipinski definition) is 4. The maximum atomic E-state index is 11.1. The zero-order valence-electron chi connectivity index (χ0n) is 10.7. The molecule has 1 rings (SSSR count). The zero-order chi connectivity index (χ0) is 13.2. The third-order valence-electron chi connectivity index (χ3n) is 2.19. The minimum absolute atomic E-state index is 0.0631. The van der Waals surface area contributed by atoms with Gasteiger partial charge in [-0.2, -0.15) is 0 Å². The number of nitrogens with zero attached hydrogens (tertiary/aromatic N) is 2. The summed E-state index contributed by atoms with van der Waals surface area (Å²) in [5.41, 5.74) is 6.10. The standard InChI is InChI=1S/C12H19N3O2/c1-12(2,3)7-15(4)10-9(11(16)17)5-8(13)6-14-10/h5-6H,7,13H2,1-4H3,(H,16,17). The molecular formula is C12H19N3O2. The number of hydrogen-bond donors (Lipinski definition) is 2. The molecule has 0 radical (unpaired) electrons. The van der Waals surface area contributed by atoms with Crippen molar-refractivity contribution in [3.63, 3.8) is 0 Å². The van der Waals surface area contributed by atoms with Gasteiger partial charge in [-0.3, -0.25) is 0 Å². The minimum atomic E-state index is -1.01. The van der Waals surface area contributed by atoms with E-state index in [1.54, 1.807) is 0 Å². The van der Waals surface area contributed by atoms with E-state index in [9.17, 15) is 4.79 Å². The van der Waals surface area contributed by atoms with Gasteiger partial charge in [-0.25, -0.2) is 9.78 Å². The second-order valence-corrected chi connectivity index (χ2v) is 5.36. The van der Waals surface area contributed by atoms with Crippen molar-refractivity contribution >= 4 is 17.5 Å². The van der Waals surface area contributed by atoms with Crippen molar-refractivity contribution in [2.45, 2.75) is 20.8 Å². The molecule has 1 aromatic heterocycles.